The van der Waals surface area contributed by atoms with Crippen LogP contribution in [0.25, 0.3) is 0 Å². The lowest BCUT2D eigenvalue weighted by atomic mass is 10.2. The first-order valence-electron chi connectivity index (χ1n) is 6.03. The third-order valence-electron chi connectivity index (χ3n) is 3.21. The van der Waals surface area contributed by atoms with E-state index in [-0.39, 0.29) is 17.0 Å². The molecule has 0 aromatic heterocycles. The number of hydrogen-bond acceptors (Lipinski definition) is 3. The summed E-state index contributed by atoms with van der Waals surface area (Å²) in [5, 5.41) is 3.72. The minimum atomic E-state index is -3.49. The standard InChI is InChI=1S/C12H16BrClN2O2S/c1-8-6-15-7-9(2)16(8)19(17,18)10-3-4-12(14)11(13)5-10/h3-5,8-9,15H,6-7H2,1-2H3. The highest BCUT2D eigenvalue weighted by atomic mass is 79.9. The molecule has 1 heterocycles. The van der Waals surface area contributed by atoms with Crippen LogP contribution in [-0.2, 0) is 10.0 Å². The number of hydrogen-bond donors (Lipinski definition) is 1. The number of nitrogens with zero attached hydrogens (tertiary/aromatic N) is 1. The van der Waals surface area contributed by atoms with Gasteiger partial charge in [-0.15, -0.1) is 0 Å². The zero-order valence-electron chi connectivity index (χ0n) is 10.7. The Morgan fingerprint density at radius 1 is 1.32 bits per heavy atom. The van der Waals surface area contributed by atoms with Gasteiger partial charge in [0.15, 0.2) is 0 Å². The molecular weight excluding hydrogens is 352 g/mol. The highest BCUT2D eigenvalue weighted by molar-refractivity contribution is 9.10. The van der Waals surface area contributed by atoms with Gasteiger partial charge in [0.05, 0.1) is 9.92 Å². The molecule has 2 rings (SSSR count). The second-order valence-electron chi connectivity index (χ2n) is 4.77. The van der Waals surface area contributed by atoms with E-state index >= 15 is 0 Å². The van der Waals surface area contributed by atoms with Crippen LogP contribution in [0.15, 0.2) is 27.6 Å². The van der Waals surface area contributed by atoms with Crippen LogP contribution in [-0.4, -0.2) is 37.9 Å². The first-order chi connectivity index (χ1) is 8.84. The molecule has 2 unspecified atom stereocenters. The Balaban J connectivity index is 2.43. The zero-order chi connectivity index (χ0) is 14.2. The van der Waals surface area contributed by atoms with Crippen LogP contribution >= 0.6 is 27.5 Å². The predicted molar refractivity (Wildman–Crippen MR) is 80.0 cm³/mol. The van der Waals surface area contributed by atoms with Crippen molar-refractivity contribution in [3.63, 3.8) is 0 Å². The average molecular weight is 368 g/mol. The van der Waals surface area contributed by atoms with E-state index < -0.39 is 10.0 Å². The number of rotatable bonds is 2. The van der Waals surface area contributed by atoms with Gasteiger partial charge in [-0.2, -0.15) is 4.31 Å². The fourth-order valence-corrected chi connectivity index (χ4v) is 4.84. The van der Waals surface area contributed by atoms with E-state index in [1.807, 2.05) is 13.8 Å². The molecule has 2 atom stereocenters. The van der Waals surface area contributed by atoms with E-state index in [4.69, 9.17) is 11.6 Å². The topological polar surface area (TPSA) is 49.4 Å². The molecule has 1 fully saturated rings. The number of benzene rings is 1. The maximum absolute atomic E-state index is 12.7. The summed E-state index contributed by atoms with van der Waals surface area (Å²) in [6.45, 7) is 5.15. The fraction of sp³-hybridized carbons (Fsp3) is 0.500. The third kappa shape index (κ3) is 2.97. The normalized spacial score (nSPS) is 25.5. The minimum Gasteiger partial charge on any atom is -0.314 e. The molecule has 0 saturated carbocycles. The molecule has 1 saturated heterocycles. The number of sulfonamides is 1. The smallest absolute Gasteiger partial charge is 0.243 e. The van der Waals surface area contributed by atoms with Crippen LogP contribution in [0.5, 0.6) is 0 Å². The molecule has 0 spiro atoms. The molecule has 1 aliphatic heterocycles. The number of nitrogens with one attached hydrogen (secondary N) is 1. The van der Waals surface area contributed by atoms with Crippen molar-refractivity contribution in [2.45, 2.75) is 30.8 Å². The zero-order valence-corrected chi connectivity index (χ0v) is 13.9. The lowest BCUT2D eigenvalue weighted by molar-refractivity contribution is 0.220. The van der Waals surface area contributed by atoms with Crippen molar-refractivity contribution in [1.82, 2.24) is 9.62 Å². The molecule has 1 N–H and O–H groups in total. The molecule has 19 heavy (non-hydrogen) atoms. The average Bonchev–Trinajstić information content (AvgIpc) is 2.32. The van der Waals surface area contributed by atoms with Gasteiger partial charge >= 0.3 is 0 Å². The highest BCUT2D eigenvalue weighted by Crippen LogP contribution is 2.29. The summed E-state index contributed by atoms with van der Waals surface area (Å²) >= 11 is 9.17. The minimum absolute atomic E-state index is 0.0665. The number of halogens is 2. The van der Waals surface area contributed by atoms with Crippen LogP contribution in [0.2, 0.25) is 5.02 Å². The summed E-state index contributed by atoms with van der Waals surface area (Å²) in [5.74, 6) is 0. The van der Waals surface area contributed by atoms with E-state index in [0.29, 0.717) is 22.6 Å². The Morgan fingerprint density at radius 3 is 2.42 bits per heavy atom. The molecular formula is C12H16BrClN2O2S. The van der Waals surface area contributed by atoms with Crippen molar-refractivity contribution < 1.29 is 8.42 Å². The number of piperazine rings is 1. The maximum Gasteiger partial charge on any atom is 0.243 e. The van der Waals surface area contributed by atoms with Gasteiger partial charge in [-0.3, -0.25) is 0 Å². The largest absolute Gasteiger partial charge is 0.314 e. The Morgan fingerprint density at radius 2 is 1.89 bits per heavy atom. The molecule has 0 bridgehead atoms. The molecule has 7 heteroatoms. The van der Waals surface area contributed by atoms with Crippen molar-refractivity contribution in [2.75, 3.05) is 13.1 Å². The first-order valence-corrected chi connectivity index (χ1v) is 8.64. The fourth-order valence-electron chi connectivity index (χ4n) is 2.35. The molecule has 106 valence electrons. The Labute approximate surface area is 127 Å². The summed E-state index contributed by atoms with van der Waals surface area (Å²) in [7, 11) is -3.49. The van der Waals surface area contributed by atoms with Crippen molar-refractivity contribution >= 4 is 37.6 Å². The quantitative estimate of drug-likeness (QED) is 0.873. The van der Waals surface area contributed by atoms with Crippen LogP contribution in [0.3, 0.4) is 0 Å². The summed E-state index contributed by atoms with van der Waals surface area (Å²) in [6.07, 6.45) is 0. The SMILES string of the molecule is CC1CNCC(C)N1S(=O)(=O)c1ccc(Cl)c(Br)c1. The van der Waals surface area contributed by atoms with E-state index in [2.05, 4.69) is 21.2 Å². The van der Waals surface area contributed by atoms with Gasteiger partial charge in [-0.1, -0.05) is 11.6 Å². The highest BCUT2D eigenvalue weighted by Gasteiger charge is 2.35. The second kappa shape index (κ2) is 5.69. The van der Waals surface area contributed by atoms with Gasteiger partial charge in [0.2, 0.25) is 10.0 Å². The van der Waals surface area contributed by atoms with Crippen LogP contribution in [0, 0.1) is 0 Å². The lowest BCUT2D eigenvalue weighted by Crippen LogP contribution is -2.57. The lowest BCUT2D eigenvalue weighted by Gasteiger charge is -2.38. The van der Waals surface area contributed by atoms with E-state index in [1.54, 1.807) is 22.5 Å². The van der Waals surface area contributed by atoms with Crippen LogP contribution in [0.4, 0.5) is 0 Å². The maximum atomic E-state index is 12.7. The monoisotopic (exact) mass is 366 g/mol. The summed E-state index contributed by atoms with van der Waals surface area (Å²) in [6, 6.07) is 4.56. The Hall–Kier alpha value is -0.140. The van der Waals surface area contributed by atoms with Crippen molar-refractivity contribution in [3.8, 4) is 0 Å². The van der Waals surface area contributed by atoms with Gasteiger partial charge in [-0.05, 0) is 48.0 Å². The van der Waals surface area contributed by atoms with Gasteiger partial charge in [0.25, 0.3) is 0 Å². The molecule has 4 nitrogen and oxygen atoms in total. The molecule has 1 aliphatic rings. The van der Waals surface area contributed by atoms with Gasteiger partial charge in [0.1, 0.15) is 0 Å². The summed E-state index contributed by atoms with van der Waals surface area (Å²) < 4.78 is 27.6. The van der Waals surface area contributed by atoms with E-state index in [0.717, 1.165) is 0 Å². The van der Waals surface area contributed by atoms with Crippen molar-refractivity contribution in [2.24, 2.45) is 0 Å². The predicted octanol–water partition coefficient (Wildman–Crippen LogP) is 2.47. The second-order valence-corrected chi connectivity index (χ2v) is 7.87. The van der Waals surface area contributed by atoms with E-state index in [1.165, 1.54) is 0 Å². The first kappa shape index (κ1) is 15.3. The molecule has 0 radical (unpaired) electrons. The van der Waals surface area contributed by atoms with Crippen LogP contribution < -0.4 is 5.32 Å². The van der Waals surface area contributed by atoms with Crippen LogP contribution in [0.1, 0.15) is 13.8 Å². The molecule has 0 aliphatic carbocycles. The van der Waals surface area contributed by atoms with Gasteiger partial charge in [0, 0.05) is 29.6 Å². The molecule has 1 aromatic rings. The van der Waals surface area contributed by atoms with Crippen molar-refractivity contribution in [1.29, 1.82) is 0 Å². The van der Waals surface area contributed by atoms with Gasteiger partial charge in [-0.25, -0.2) is 8.42 Å². The van der Waals surface area contributed by atoms with Gasteiger partial charge < -0.3 is 5.32 Å². The molecule has 0 amide bonds. The molecule has 1 aromatic carbocycles. The summed E-state index contributed by atoms with van der Waals surface area (Å²) in [4.78, 5) is 0.268. The Bertz CT molecular complexity index is 569. The van der Waals surface area contributed by atoms with E-state index in [9.17, 15) is 8.42 Å². The third-order valence-corrected chi connectivity index (χ3v) is 6.55. The van der Waals surface area contributed by atoms with Crippen molar-refractivity contribution in [3.05, 3.63) is 27.7 Å². The summed E-state index contributed by atoms with van der Waals surface area (Å²) in [5.41, 5.74) is 0. The Kier molecular flexibility index (Phi) is 4.57.